The third-order valence-electron chi connectivity index (χ3n) is 5.60. The number of nitrogens with one attached hydrogen (secondary N) is 1. The number of rotatable bonds is 12. The summed E-state index contributed by atoms with van der Waals surface area (Å²) in [5.41, 5.74) is 5.09. The molecule has 2 N–H and O–H groups in total. The zero-order valence-electron chi connectivity index (χ0n) is 21.7. The first-order chi connectivity index (χ1) is 17.7. The number of anilines is 1. The van der Waals surface area contributed by atoms with Crippen LogP contribution in [0.2, 0.25) is 0 Å². The van der Waals surface area contributed by atoms with Gasteiger partial charge in [0.15, 0.2) is 6.35 Å². The molecular weight excluding hydrogens is 493 g/mol. The van der Waals surface area contributed by atoms with Gasteiger partial charge in [-0.05, 0) is 86.2 Å². The smallest absolute Gasteiger partial charge is 0.412 e. The largest absolute Gasteiger partial charge is 0.506 e. The van der Waals surface area contributed by atoms with E-state index in [9.17, 15) is 14.5 Å². The van der Waals surface area contributed by atoms with Crippen LogP contribution in [0.1, 0.15) is 41.7 Å². The van der Waals surface area contributed by atoms with E-state index in [-0.39, 0.29) is 37.6 Å². The number of carbonyl (C=O) groups is 1. The van der Waals surface area contributed by atoms with Crippen LogP contribution >= 0.6 is 7.60 Å². The minimum atomic E-state index is -3.32. The standard InChI is InChI=1S/C28H34NO7P/c1-5-35-37(32,36-6-2)19-34-24-14-20(3)25(21(4)15-24)16-23-12-13-27(30)26(17-23)29-28(31)33-18-22-10-8-7-9-11-22/h7-15,17,30H,5-6,16,18-19H2,1-4H3,(H,29,31). The van der Waals surface area contributed by atoms with Crippen LogP contribution < -0.4 is 10.1 Å². The number of aromatic hydroxyl groups is 1. The Kier molecular flexibility index (Phi) is 10.1. The molecule has 0 aliphatic rings. The highest BCUT2D eigenvalue weighted by Gasteiger charge is 2.25. The zero-order chi connectivity index (χ0) is 26.8. The molecule has 0 atom stereocenters. The van der Waals surface area contributed by atoms with E-state index < -0.39 is 13.7 Å². The van der Waals surface area contributed by atoms with Crippen LogP contribution in [0.15, 0.2) is 60.7 Å². The van der Waals surface area contributed by atoms with Crippen molar-refractivity contribution in [1.82, 2.24) is 0 Å². The van der Waals surface area contributed by atoms with Crippen LogP contribution in [0.25, 0.3) is 0 Å². The highest BCUT2D eigenvalue weighted by molar-refractivity contribution is 7.53. The molecule has 0 aromatic heterocycles. The topological polar surface area (TPSA) is 103 Å². The molecule has 3 aromatic rings. The summed E-state index contributed by atoms with van der Waals surface area (Å²) in [5.74, 6) is 0.526. The Morgan fingerprint density at radius 1 is 0.919 bits per heavy atom. The lowest BCUT2D eigenvalue weighted by Crippen LogP contribution is -2.14. The van der Waals surface area contributed by atoms with Crippen LogP contribution in [0.4, 0.5) is 10.5 Å². The van der Waals surface area contributed by atoms with Gasteiger partial charge in [-0.1, -0.05) is 36.4 Å². The van der Waals surface area contributed by atoms with E-state index in [1.54, 1.807) is 32.0 Å². The van der Waals surface area contributed by atoms with E-state index in [1.807, 2.05) is 56.3 Å². The number of ether oxygens (including phenoxy) is 2. The lowest BCUT2D eigenvalue weighted by atomic mass is 9.95. The molecular formula is C28H34NO7P. The molecule has 3 rings (SSSR count). The Morgan fingerprint density at radius 3 is 2.19 bits per heavy atom. The molecule has 0 aliphatic carbocycles. The fourth-order valence-electron chi connectivity index (χ4n) is 3.84. The van der Waals surface area contributed by atoms with Crippen molar-refractivity contribution >= 4 is 19.4 Å². The van der Waals surface area contributed by atoms with E-state index >= 15 is 0 Å². The van der Waals surface area contributed by atoms with Gasteiger partial charge >= 0.3 is 13.7 Å². The van der Waals surface area contributed by atoms with Crippen molar-refractivity contribution in [2.75, 3.05) is 24.9 Å². The van der Waals surface area contributed by atoms with Gasteiger partial charge in [0, 0.05) is 0 Å². The van der Waals surface area contributed by atoms with Crippen LogP contribution in [0.5, 0.6) is 11.5 Å². The van der Waals surface area contributed by atoms with Crippen LogP contribution in [0, 0.1) is 13.8 Å². The van der Waals surface area contributed by atoms with Crippen molar-refractivity contribution in [2.45, 2.75) is 40.7 Å². The average molecular weight is 528 g/mol. The summed E-state index contributed by atoms with van der Waals surface area (Å²) in [6.45, 7) is 8.13. The fourth-order valence-corrected chi connectivity index (χ4v) is 5.16. The maximum absolute atomic E-state index is 12.7. The molecule has 198 valence electrons. The van der Waals surface area contributed by atoms with Gasteiger partial charge in [0.1, 0.15) is 18.1 Å². The number of hydrogen-bond donors (Lipinski definition) is 2. The number of phenolic OH excluding ortho intramolecular Hbond substituents is 1. The first-order valence-electron chi connectivity index (χ1n) is 12.1. The molecule has 0 heterocycles. The predicted molar refractivity (Wildman–Crippen MR) is 143 cm³/mol. The second kappa shape index (κ2) is 13.3. The molecule has 3 aromatic carbocycles. The van der Waals surface area contributed by atoms with Gasteiger partial charge in [0.2, 0.25) is 0 Å². The molecule has 8 nitrogen and oxygen atoms in total. The first kappa shape index (κ1) is 28.3. The summed E-state index contributed by atoms with van der Waals surface area (Å²) in [6, 6.07) is 18.2. The number of benzene rings is 3. The Hall–Kier alpha value is -3.32. The van der Waals surface area contributed by atoms with Gasteiger partial charge in [0.05, 0.1) is 18.9 Å². The van der Waals surface area contributed by atoms with Crippen molar-refractivity contribution < 1.29 is 33.0 Å². The molecule has 1 amide bonds. The minimum absolute atomic E-state index is 0.0503. The second-order valence-electron chi connectivity index (χ2n) is 8.47. The van der Waals surface area contributed by atoms with Gasteiger partial charge in [-0.15, -0.1) is 0 Å². The number of carbonyl (C=O) groups excluding carboxylic acids is 1. The second-order valence-corrected chi connectivity index (χ2v) is 10.5. The molecule has 0 unspecified atom stereocenters. The Morgan fingerprint density at radius 2 is 1.57 bits per heavy atom. The minimum Gasteiger partial charge on any atom is -0.506 e. The predicted octanol–water partition coefficient (Wildman–Crippen LogP) is 6.95. The number of phenols is 1. The average Bonchev–Trinajstić information content (AvgIpc) is 2.86. The van der Waals surface area contributed by atoms with E-state index in [1.165, 1.54) is 0 Å². The van der Waals surface area contributed by atoms with Crippen LogP contribution in [-0.4, -0.2) is 30.8 Å². The molecule has 0 fully saturated rings. The number of hydrogen-bond acceptors (Lipinski definition) is 7. The quantitative estimate of drug-likeness (QED) is 0.194. The zero-order valence-corrected chi connectivity index (χ0v) is 22.5. The lowest BCUT2D eigenvalue weighted by molar-refractivity contribution is 0.155. The van der Waals surface area contributed by atoms with E-state index in [0.29, 0.717) is 12.2 Å². The molecule has 0 aliphatic heterocycles. The molecule has 0 spiro atoms. The highest BCUT2D eigenvalue weighted by Crippen LogP contribution is 2.48. The maximum Gasteiger partial charge on any atom is 0.412 e. The number of amides is 1. The summed E-state index contributed by atoms with van der Waals surface area (Å²) in [6.07, 6.45) is -0.246. The molecule has 0 saturated carbocycles. The monoisotopic (exact) mass is 527 g/mol. The molecule has 0 saturated heterocycles. The van der Waals surface area contributed by atoms with Crippen molar-refractivity contribution in [3.63, 3.8) is 0 Å². The van der Waals surface area contributed by atoms with E-state index in [2.05, 4.69) is 5.32 Å². The van der Waals surface area contributed by atoms with Crippen molar-refractivity contribution in [3.05, 3.63) is 88.5 Å². The summed E-state index contributed by atoms with van der Waals surface area (Å²) in [7, 11) is -3.32. The van der Waals surface area contributed by atoms with Gasteiger partial charge in [-0.2, -0.15) is 0 Å². The maximum atomic E-state index is 12.7. The van der Waals surface area contributed by atoms with Crippen LogP contribution in [-0.2, 0) is 31.4 Å². The normalized spacial score (nSPS) is 11.2. The third kappa shape index (κ3) is 8.35. The summed E-state index contributed by atoms with van der Waals surface area (Å²) in [4.78, 5) is 12.3. The first-order valence-corrected chi connectivity index (χ1v) is 13.9. The Bertz CT molecular complexity index is 1210. The van der Waals surface area contributed by atoms with Gasteiger partial charge < -0.3 is 23.6 Å². The molecule has 9 heteroatoms. The molecule has 0 radical (unpaired) electrons. The summed E-state index contributed by atoms with van der Waals surface area (Å²) >= 11 is 0. The van der Waals surface area contributed by atoms with Gasteiger partial charge in [-0.25, -0.2) is 4.79 Å². The highest BCUT2D eigenvalue weighted by atomic mass is 31.2. The Balaban J connectivity index is 1.67. The summed E-state index contributed by atoms with van der Waals surface area (Å²) < 4.78 is 34.3. The Labute approximate surface area is 218 Å². The summed E-state index contributed by atoms with van der Waals surface area (Å²) in [5, 5.41) is 12.9. The van der Waals surface area contributed by atoms with Crippen molar-refractivity contribution in [3.8, 4) is 11.5 Å². The lowest BCUT2D eigenvalue weighted by Gasteiger charge is -2.19. The van der Waals surface area contributed by atoms with Gasteiger partial charge in [0.25, 0.3) is 0 Å². The van der Waals surface area contributed by atoms with Crippen molar-refractivity contribution in [2.24, 2.45) is 0 Å². The third-order valence-corrected chi connectivity index (χ3v) is 7.35. The van der Waals surface area contributed by atoms with Crippen molar-refractivity contribution in [1.29, 1.82) is 0 Å². The van der Waals surface area contributed by atoms with E-state index in [4.69, 9.17) is 18.5 Å². The van der Waals surface area contributed by atoms with E-state index in [0.717, 1.165) is 27.8 Å². The molecule has 0 bridgehead atoms. The SMILES string of the molecule is CCOP(=O)(COc1cc(C)c(Cc2ccc(O)c(NC(=O)OCc3ccccc3)c2)c(C)c1)OCC. The van der Waals surface area contributed by atoms with Crippen LogP contribution in [0.3, 0.4) is 0 Å². The van der Waals surface area contributed by atoms with Gasteiger partial charge in [-0.3, -0.25) is 9.88 Å². The molecule has 37 heavy (non-hydrogen) atoms. The fraction of sp³-hybridized carbons (Fsp3) is 0.321. The number of aryl methyl sites for hydroxylation is 2.